The van der Waals surface area contributed by atoms with Crippen molar-refractivity contribution in [3.8, 4) is 11.8 Å². The van der Waals surface area contributed by atoms with Crippen molar-refractivity contribution in [1.82, 2.24) is 9.97 Å². The van der Waals surface area contributed by atoms with Gasteiger partial charge in [0.1, 0.15) is 5.82 Å². The predicted molar refractivity (Wildman–Crippen MR) is 127 cm³/mol. The molecular weight excluding hydrogens is 474 g/mol. The lowest BCUT2D eigenvalue weighted by molar-refractivity contribution is -0.137. The highest BCUT2D eigenvalue weighted by atomic mass is 32.1. The fourth-order valence-electron chi connectivity index (χ4n) is 2.08. The molecular formula is C21H21F3N5O2PS. The number of amides is 2. The second-order valence-corrected chi connectivity index (χ2v) is 7.46. The summed E-state index contributed by atoms with van der Waals surface area (Å²) in [5.41, 5.74) is 5.82. The summed E-state index contributed by atoms with van der Waals surface area (Å²) in [6.45, 7) is 2.05. The Morgan fingerprint density at radius 1 is 1.06 bits per heavy atom. The molecule has 0 spiro atoms. The van der Waals surface area contributed by atoms with Crippen LogP contribution in [0.2, 0.25) is 0 Å². The Balaban J connectivity index is 0.000000322. The number of nitrogens with zero attached hydrogens (tertiary/aromatic N) is 2. The Hall–Kier alpha value is -3.32. The molecule has 1 atom stereocenters. The average molecular weight is 495 g/mol. The summed E-state index contributed by atoms with van der Waals surface area (Å²) < 4.78 is 36.2. The number of carbonyl (C=O) groups is 2. The number of benzene rings is 1. The van der Waals surface area contributed by atoms with Gasteiger partial charge in [0.2, 0.25) is 12.8 Å². The van der Waals surface area contributed by atoms with Crippen molar-refractivity contribution in [3.63, 3.8) is 0 Å². The minimum absolute atomic E-state index is 0.121. The zero-order valence-corrected chi connectivity index (χ0v) is 19.6. The van der Waals surface area contributed by atoms with Gasteiger partial charge in [-0.25, -0.2) is 9.97 Å². The number of alkyl halides is 3. The fourth-order valence-corrected chi connectivity index (χ4v) is 2.89. The van der Waals surface area contributed by atoms with Gasteiger partial charge >= 0.3 is 6.18 Å². The number of aryl methyl sites for hydroxylation is 1. The lowest BCUT2D eigenvalue weighted by atomic mass is 10.1. The monoisotopic (exact) mass is 495 g/mol. The molecule has 0 fully saturated rings. The standard InChI is InChI=1S/C13H11N2OPS.C7H5F3N2O.CH5N/c1-9-6-10(3-5-12(9)17)2-4-11-7-14-13(18-11)15-8-16;8-7(9,10)5-1-2-11-6(3-5)12-4-13;1-2/h3,5-8H,17H2,1H3,(H,14,15,16);1-4H,(H,11,12,13);2H2,1H3. The van der Waals surface area contributed by atoms with Gasteiger partial charge in [0.05, 0.1) is 16.6 Å². The number of pyridine rings is 1. The van der Waals surface area contributed by atoms with E-state index in [0.29, 0.717) is 11.5 Å². The number of rotatable bonds is 4. The van der Waals surface area contributed by atoms with Crippen molar-refractivity contribution >= 4 is 49.7 Å². The molecule has 0 radical (unpaired) electrons. The number of hydrogen-bond acceptors (Lipinski definition) is 6. The third-order valence-corrected chi connectivity index (χ3v) is 5.07. The summed E-state index contributed by atoms with van der Waals surface area (Å²) in [5.74, 6) is 5.99. The number of anilines is 2. The van der Waals surface area contributed by atoms with E-state index in [9.17, 15) is 22.8 Å². The molecule has 7 nitrogen and oxygen atoms in total. The molecule has 0 bridgehead atoms. The zero-order chi connectivity index (χ0) is 24.9. The number of thiazole rings is 1. The Labute approximate surface area is 195 Å². The van der Waals surface area contributed by atoms with Crippen LogP contribution in [0.15, 0.2) is 42.7 Å². The first-order valence-electron chi connectivity index (χ1n) is 9.08. The van der Waals surface area contributed by atoms with Crippen LogP contribution in [0.3, 0.4) is 0 Å². The second kappa shape index (κ2) is 14.0. The van der Waals surface area contributed by atoms with E-state index in [0.717, 1.165) is 28.8 Å². The van der Waals surface area contributed by atoms with Crippen LogP contribution >= 0.6 is 20.6 Å². The molecule has 3 aromatic rings. The largest absolute Gasteiger partial charge is 0.416 e. The predicted octanol–water partition coefficient (Wildman–Crippen LogP) is 3.16. The lowest BCUT2D eigenvalue weighted by Crippen LogP contribution is -2.06. The minimum Gasteiger partial charge on any atom is -0.333 e. The van der Waals surface area contributed by atoms with Crippen LogP contribution in [0.4, 0.5) is 24.1 Å². The lowest BCUT2D eigenvalue weighted by Gasteiger charge is -2.06. The molecule has 0 saturated carbocycles. The molecule has 0 aliphatic rings. The van der Waals surface area contributed by atoms with Crippen molar-refractivity contribution in [2.45, 2.75) is 13.1 Å². The highest BCUT2D eigenvalue weighted by Gasteiger charge is 2.30. The summed E-state index contributed by atoms with van der Waals surface area (Å²) in [6, 6.07) is 7.63. The Bertz CT molecular complexity index is 1130. The van der Waals surface area contributed by atoms with Crippen LogP contribution in [0.5, 0.6) is 0 Å². The van der Waals surface area contributed by atoms with Gasteiger partial charge in [-0.2, -0.15) is 13.2 Å². The fraction of sp³-hybridized carbons (Fsp3) is 0.143. The number of aromatic nitrogens is 2. The zero-order valence-electron chi connectivity index (χ0n) is 17.6. The molecule has 0 aliphatic heterocycles. The summed E-state index contributed by atoms with van der Waals surface area (Å²) in [5, 5.41) is 6.26. The van der Waals surface area contributed by atoms with Crippen LogP contribution < -0.4 is 21.7 Å². The highest BCUT2D eigenvalue weighted by molar-refractivity contribution is 7.27. The van der Waals surface area contributed by atoms with E-state index in [1.54, 1.807) is 6.20 Å². The molecule has 2 heterocycles. The van der Waals surface area contributed by atoms with Gasteiger partial charge < -0.3 is 16.4 Å². The molecule has 12 heteroatoms. The van der Waals surface area contributed by atoms with Crippen molar-refractivity contribution in [2.24, 2.45) is 5.73 Å². The van der Waals surface area contributed by atoms with E-state index < -0.39 is 11.7 Å². The number of nitrogens with two attached hydrogens (primary N) is 1. The van der Waals surface area contributed by atoms with Crippen LogP contribution in [0.1, 0.15) is 21.6 Å². The van der Waals surface area contributed by atoms with Gasteiger partial charge in [-0.15, -0.1) is 9.24 Å². The summed E-state index contributed by atoms with van der Waals surface area (Å²) in [6.07, 6.45) is -0.906. The maximum atomic E-state index is 12.1. The molecule has 1 aromatic carbocycles. The third-order valence-electron chi connectivity index (χ3n) is 3.58. The SMILES string of the molecule is CN.Cc1cc(C#Cc2cnc(NC=O)s2)ccc1P.O=CNc1cc(C(F)(F)F)ccn1. The van der Waals surface area contributed by atoms with Gasteiger partial charge in [-0.05, 0) is 55.0 Å². The van der Waals surface area contributed by atoms with E-state index in [1.807, 2.05) is 30.4 Å². The van der Waals surface area contributed by atoms with Gasteiger partial charge in [-0.1, -0.05) is 23.3 Å². The summed E-state index contributed by atoms with van der Waals surface area (Å²) >= 11 is 1.35. The summed E-state index contributed by atoms with van der Waals surface area (Å²) in [7, 11) is 4.19. The normalized spacial score (nSPS) is 9.67. The average Bonchev–Trinajstić information content (AvgIpc) is 3.24. The van der Waals surface area contributed by atoms with Crippen molar-refractivity contribution in [3.05, 3.63) is 64.3 Å². The number of hydrogen-bond donors (Lipinski definition) is 3. The molecule has 2 aromatic heterocycles. The molecule has 33 heavy (non-hydrogen) atoms. The molecule has 174 valence electrons. The number of carbonyl (C=O) groups excluding carboxylic acids is 2. The van der Waals surface area contributed by atoms with Crippen LogP contribution in [0.25, 0.3) is 0 Å². The molecule has 3 rings (SSSR count). The van der Waals surface area contributed by atoms with Crippen LogP contribution in [-0.4, -0.2) is 29.8 Å². The molecule has 0 saturated heterocycles. The Morgan fingerprint density at radius 2 is 1.76 bits per heavy atom. The number of halogens is 3. The summed E-state index contributed by atoms with van der Waals surface area (Å²) in [4.78, 5) is 28.5. The van der Waals surface area contributed by atoms with E-state index in [1.165, 1.54) is 29.3 Å². The maximum Gasteiger partial charge on any atom is 0.416 e. The van der Waals surface area contributed by atoms with Crippen LogP contribution in [0, 0.1) is 18.8 Å². The smallest absolute Gasteiger partial charge is 0.333 e. The van der Waals surface area contributed by atoms with Crippen molar-refractivity contribution < 1.29 is 22.8 Å². The quantitative estimate of drug-likeness (QED) is 0.293. The Morgan fingerprint density at radius 3 is 2.36 bits per heavy atom. The number of nitrogens with one attached hydrogen (secondary N) is 2. The minimum atomic E-state index is -4.41. The van der Waals surface area contributed by atoms with E-state index in [-0.39, 0.29) is 12.2 Å². The third kappa shape index (κ3) is 9.78. The first kappa shape index (κ1) is 27.7. The van der Waals surface area contributed by atoms with Gasteiger partial charge in [0, 0.05) is 11.8 Å². The van der Waals surface area contributed by atoms with Crippen LogP contribution in [-0.2, 0) is 15.8 Å². The van der Waals surface area contributed by atoms with E-state index in [4.69, 9.17) is 0 Å². The molecule has 1 unspecified atom stereocenters. The first-order valence-corrected chi connectivity index (χ1v) is 10.5. The maximum absolute atomic E-state index is 12.1. The first-order chi connectivity index (χ1) is 15.7. The molecule has 4 N–H and O–H groups in total. The van der Waals surface area contributed by atoms with Crippen molar-refractivity contribution in [1.29, 1.82) is 0 Å². The van der Waals surface area contributed by atoms with E-state index >= 15 is 0 Å². The van der Waals surface area contributed by atoms with Gasteiger partial charge in [0.15, 0.2) is 5.13 Å². The topological polar surface area (TPSA) is 110 Å². The van der Waals surface area contributed by atoms with Gasteiger partial charge in [0.25, 0.3) is 0 Å². The van der Waals surface area contributed by atoms with E-state index in [2.05, 4.69) is 42.1 Å². The Kier molecular flexibility index (Phi) is 11.7. The van der Waals surface area contributed by atoms with Gasteiger partial charge in [-0.3, -0.25) is 9.59 Å². The highest BCUT2D eigenvalue weighted by Crippen LogP contribution is 2.29. The van der Waals surface area contributed by atoms with Crippen molar-refractivity contribution in [2.75, 3.05) is 17.7 Å². The molecule has 2 amide bonds. The second-order valence-electron chi connectivity index (χ2n) is 5.80. The molecule has 0 aliphatic carbocycles.